The predicted molar refractivity (Wildman–Crippen MR) is 112 cm³/mol. The molecule has 0 rings (SSSR count). The maximum absolute atomic E-state index is 10.1. The summed E-state index contributed by atoms with van der Waals surface area (Å²) in [6, 6.07) is 0. The van der Waals surface area contributed by atoms with E-state index >= 15 is 0 Å². The third-order valence-corrected chi connectivity index (χ3v) is 4.47. The Morgan fingerprint density at radius 2 is 0.714 bits per heavy atom. The number of hydrogen-bond donors (Lipinski definition) is 0. The van der Waals surface area contributed by atoms with Gasteiger partial charge in [0, 0.05) is 11.9 Å². The molecule has 0 saturated carbocycles. The molecular formula is C22H43GaO5. The monoisotopic (exact) mass is 456 g/mol. The second kappa shape index (κ2) is 31.2. The van der Waals surface area contributed by atoms with E-state index in [1.807, 2.05) is 0 Å². The van der Waals surface area contributed by atoms with Crippen molar-refractivity contribution in [2.75, 3.05) is 0 Å². The smallest absolute Gasteiger partial charge is 0.870 e. The van der Waals surface area contributed by atoms with E-state index in [-0.39, 0.29) is 38.1 Å². The van der Waals surface area contributed by atoms with E-state index in [4.69, 9.17) is 0 Å². The molecule has 0 saturated heterocycles. The number of carbonyl (C=O) groups excluding carboxylic acids is 2. The van der Waals surface area contributed by atoms with Gasteiger partial charge in [-0.15, -0.1) is 0 Å². The van der Waals surface area contributed by atoms with Gasteiger partial charge in [0.25, 0.3) is 0 Å². The van der Waals surface area contributed by atoms with Crippen molar-refractivity contribution in [2.45, 2.75) is 129 Å². The molecule has 164 valence electrons. The second-order valence-electron chi connectivity index (χ2n) is 7.19. The van der Waals surface area contributed by atoms with Gasteiger partial charge in [-0.25, -0.2) is 0 Å². The van der Waals surface area contributed by atoms with Gasteiger partial charge < -0.3 is 25.3 Å². The SMILES string of the molecule is CCCCCCCCCCC(=O)[O-].CCCCCCCCCCC(=O)[O-].[Ga+3].[OH-]. The Kier molecular flexibility index (Phi) is 39.1. The minimum Gasteiger partial charge on any atom is -0.870 e. The normalized spacial score (nSPS) is 9.50. The standard InChI is InChI=1S/2C11H22O2.Ga.H2O/c2*1-2-3-4-5-6-7-8-9-10-11(12)13;;/h2*2-10H2,1H3,(H,12,13);;1H2/q;;+3;/p-3. The van der Waals surface area contributed by atoms with Crippen LogP contribution >= 0.6 is 0 Å². The Balaban J connectivity index is -0.000000192. The summed E-state index contributed by atoms with van der Waals surface area (Å²) in [5, 5.41) is 20.1. The summed E-state index contributed by atoms with van der Waals surface area (Å²) in [5.74, 6) is -1.82. The first kappa shape index (κ1) is 35.0. The van der Waals surface area contributed by atoms with E-state index in [9.17, 15) is 19.8 Å². The van der Waals surface area contributed by atoms with Gasteiger partial charge in [-0.3, -0.25) is 0 Å². The van der Waals surface area contributed by atoms with Crippen molar-refractivity contribution in [3.8, 4) is 0 Å². The molecular weight excluding hydrogens is 414 g/mol. The first-order valence-electron chi connectivity index (χ1n) is 10.9. The van der Waals surface area contributed by atoms with Crippen LogP contribution in [-0.4, -0.2) is 37.2 Å². The van der Waals surface area contributed by atoms with Gasteiger partial charge in [0.05, 0.1) is 0 Å². The van der Waals surface area contributed by atoms with Crippen LogP contribution in [0.3, 0.4) is 0 Å². The molecule has 0 aromatic rings. The summed E-state index contributed by atoms with van der Waals surface area (Å²) in [7, 11) is 0. The van der Waals surface area contributed by atoms with Crippen molar-refractivity contribution in [1.82, 2.24) is 0 Å². The molecule has 0 fully saturated rings. The van der Waals surface area contributed by atoms with Crippen molar-refractivity contribution >= 4 is 31.7 Å². The van der Waals surface area contributed by atoms with Crippen molar-refractivity contribution in [3.05, 3.63) is 0 Å². The Hall–Kier alpha value is -0.464. The van der Waals surface area contributed by atoms with E-state index in [0.717, 1.165) is 25.7 Å². The summed E-state index contributed by atoms with van der Waals surface area (Å²) in [4.78, 5) is 20.1. The number of aliphatic carboxylic acids is 2. The van der Waals surface area contributed by atoms with Crippen LogP contribution in [-0.2, 0) is 9.59 Å². The van der Waals surface area contributed by atoms with E-state index in [1.165, 1.54) is 77.0 Å². The molecule has 0 atom stereocenters. The topological polar surface area (TPSA) is 110 Å². The first-order valence-corrected chi connectivity index (χ1v) is 10.9. The predicted octanol–water partition coefficient (Wildman–Crippen LogP) is 3.98. The number of rotatable bonds is 18. The molecule has 0 spiro atoms. The minimum absolute atomic E-state index is 0. The van der Waals surface area contributed by atoms with Crippen LogP contribution in [0.2, 0.25) is 0 Å². The first-order chi connectivity index (χ1) is 12.5. The average molecular weight is 457 g/mol. The van der Waals surface area contributed by atoms with Crippen LogP contribution in [0.15, 0.2) is 0 Å². The third kappa shape index (κ3) is 40.3. The molecule has 0 aromatic carbocycles. The van der Waals surface area contributed by atoms with Crippen LogP contribution in [0, 0.1) is 0 Å². The van der Waals surface area contributed by atoms with Gasteiger partial charge in [0.2, 0.25) is 0 Å². The third-order valence-electron chi connectivity index (χ3n) is 4.47. The fourth-order valence-corrected chi connectivity index (χ4v) is 2.81. The van der Waals surface area contributed by atoms with Crippen LogP contribution in [0.25, 0.3) is 0 Å². The molecule has 0 aliphatic heterocycles. The van der Waals surface area contributed by atoms with Crippen molar-refractivity contribution in [1.29, 1.82) is 0 Å². The van der Waals surface area contributed by atoms with Gasteiger partial charge >= 0.3 is 19.8 Å². The van der Waals surface area contributed by atoms with Crippen molar-refractivity contribution < 1.29 is 25.3 Å². The zero-order valence-electron chi connectivity index (χ0n) is 18.4. The molecule has 0 aliphatic rings. The maximum atomic E-state index is 10.1. The van der Waals surface area contributed by atoms with E-state index in [0.29, 0.717) is 0 Å². The summed E-state index contributed by atoms with van der Waals surface area (Å²) in [6.07, 6.45) is 19.5. The Morgan fingerprint density at radius 3 is 0.929 bits per heavy atom. The number of carboxylic acid groups (broad SMARTS) is 2. The number of hydrogen-bond acceptors (Lipinski definition) is 5. The Bertz CT molecular complexity index is 281. The molecule has 0 aliphatic carbocycles. The molecule has 0 bridgehead atoms. The van der Waals surface area contributed by atoms with E-state index in [2.05, 4.69) is 13.8 Å². The van der Waals surface area contributed by atoms with Crippen LogP contribution in [0.4, 0.5) is 0 Å². The van der Waals surface area contributed by atoms with Crippen molar-refractivity contribution in [2.24, 2.45) is 0 Å². The van der Waals surface area contributed by atoms with Crippen LogP contribution < -0.4 is 10.2 Å². The van der Waals surface area contributed by atoms with Crippen LogP contribution in [0.5, 0.6) is 0 Å². The molecule has 0 radical (unpaired) electrons. The van der Waals surface area contributed by atoms with E-state index < -0.39 is 11.9 Å². The number of carbonyl (C=O) groups is 2. The quantitative estimate of drug-likeness (QED) is 0.228. The molecule has 0 unspecified atom stereocenters. The van der Waals surface area contributed by atoms with Crippen molar-refractivity contribution in [3.63, 3.8) is 0 Å². The minimum atomic E-state index is -0.911. The fraction of sp³-hybridized carbons (Fsp3) is 0.909. The average Bonchev–Trinajstić information content (AvgIpc) is 2.60. The van der Waals surface area contributed by atoms with Gasteiger partial charge in [0.1, 0.15) is 0 Å². The fourth-order valence-electron chi connectivity index (χ4n) is 2.81. The van der Waals surface area contributed by atoms with Crippen LogP contribution in [0.1, 0.15) is 129 Å². The molecule has 28 heavy (non-hydrogen) atoms. The largest absolute Gasteiger partial charge is 3.00 e. The Morgan fingerprint density at radius 1 is 0.500 bits per heavy atom. The maximum Gasteiger partial charge on any atom is 3.00 e. The summed E-state index contributed by atoms with van der Waals surface area (Å²) in [5.41, 5.74) is 0. The Labute approximate surface area is 186 Å². The second-order valence-corrected chi connectivity index (χ2v) is 7.19. The molecule has 0 aromatic heterocycles. The zero-order chi connectivity index (χ0) is 19.9. The summed E-state index contributed by atoms with van der Waals surface area (Å²) >= 11 is 0. The van der Waals surface area contributed by atoms with E-state index in [1.54, 1.807) is 0 Å². The number of unbranched alkanes of at least 4 members (excludes halogenated alkanes) is 14. The molecule has 1 N–H and O–H groups in total. The number of carboxylic acids is 2. The molecule has 0 amide bonds. The van der Waals surface area contributed by atoms with Gasteiger partial charge in [0.15, 0.2) is 0 Å². The molecule has 5 nitrogen and oxygen atoms in total. The van der Waals surface area contributed by atoms with Gasteiger partial charge in [-0.2, -0.15) is 0 Å². The van der Waals surface area contributed by atoms with Gasteiger partial charge in [-0.05, 0) is 25.7 Å². The summed E-state index contributed by atoms with van der Waals surface area (Å²) < 4.78 is 0. The molecule has 6 heteroatoms. The zero-order valence-corrected chi connectivity index (χ0v) is 20.8. The van der Waals surface area contributed by atoms with Gasteiger partial charge in [-0.1, -0.05) is 104 Å². The molecule has 0 heterocycles. The summed E-state index contributed by atoms with van der Waals surface area (Å²) in [6.45, 7) is 4.42.